The summed E-state index contributed by atoms with van der Waals surface area (Å²) < 4.78 is 11.1. The van der Waals surface area contributed by atoms with Crippen molar-refractivity contribution in [3.63, 3.8) is 0 Å². The Hall–Kier alpha value is -3.15. The van der Waals surface area contributed by atoms with Crippen LogP contribution >= 0.6 is 0 Å². The fourth-order valence-electron chi connectivity index (χ4n) is 3.16. The monoisotopic (exact) mass is 363 g/mol. The number of hydrogen-bond acceptors (Lipinski definition) is 5. The molecule has 27 heavy (non-hydrogen) atoms. The number of benzene rings is 2. The van der Waals surface area contributed by atoms with Gasteiger partial charge in [-0.25, -0.2) is 0 Å². The molecule has 0 atom stereocenters. The predicted molar refractivity (Wildman–Crippen MR) is 101 cm³/mol. The van der Waals surface area contributed by atoms with Gasteiger partial charge in [-0.05, 0) is 44.0 Å². The van der Waals surface area contributed by atoms with Crippen molar-refractivity contribution in [2.45, 2.75) is 19.8 Å². The summed E-state index contributed by atoms with van der Waals surface area (Å²) in [6.45, 7) is 3.72. The Bertz CT molecular complexity index is 945. The molecule has 0 unspecified atom stereocenters. The Morgan fingerprint density at radius 2 is 1.89 bits per heavy atom. The first kappa shape index (κ1) is 17.3. The summed E-state index contributed by atoms with van der Waals surface area (Å²) in [5.74, 6) is 1.60. The average Bonchev–Trinajstić information content (AvgIpc) is 3.38. The molecule has 1 fully saturated rings. The molecule has 4 rings (SSSR count). The molecular formula is C21H21N3O3. The maximum Gasteiger partial charge on any atom is 0.260 e. The van der Waals surface area contributed by atoms with E-state index in [0.29, 0.717) is 17.5 Å². The quantitative estimate of drug-likeness (QED) is 0.691. The summed E-state index contributed by atoms with van der Waals surface area (Å²) in [7, 11) is 0. The van der Waals surface area contributed by atoms with E-state index >= 15 is 0 Å². The van der Waals surface area contributed by atoms with E-state index in [1.807, 2.05) is 60.4 Å². The highest BCUT2D eigenvalue weighted by Gasteiger charge is 2.18. The molecule has 0 spiro atoms. The molecule has 1 aromatic heterocycles. The van der Waals surface area contributed by atoms with E-state index in [0.717, 1.165) is 42.6 Å². The number of carbonyl (C=O) groups excluding carboxylic acids is 1. The van der Waals surface area contributed by atoms with E-state index in [-0.39, 0.29) is 12.5 Å². The first-order valence-electron chi connectivity index (χ1n) is 9.11. The number of aromatic nitrogens is 2. The predicted octanol–water partition coefficient (Wildman–Crippen LogP) is 3.71. The normalized spacial score (nSPS) is 13.7. The van der Waals surface area contributed by atoms with E-state index in [9.17, 15) is 4.79 Å². The molecule has 3 aromatic rings. The molecule has 0 bridgehead atoms. The van der Waals surface area contributed by atoms with Crippen LogP contribution < -0.4 is 4.74 Å². The number of nitrogens with zero attached hydrogens (tertiary/aromatic N) is 3. The standard InChI is InChI=1S/C21H21N3O3/c1-15-6-4-8-17(12-15)21-22-20(23-27-21)16-7-5-9-18(13-16)26-14-19(25)24-10-2-3-11-24/h4-9,12-13H,2-3,10-11,14H2,1H3. The lowest BCUT2D eigenvalue weighted by Crippen LogP contribution is -2.32. The second kappa shape index (κ2) is 7.61. The molecule has 6 heteroatoms. The van der Waals surface area contributed by atoms with Gasteiger partial charge < -0.3 is 14.2 Å². The molecule has 0 aliphatic carbocycles. The summed E-state index contributed by atoms with van der Waals surface area (Å²) in [6, 6.07) is 15.3. The molecule has 1 saturated heterocycles. The smallest absolute Gasteiger partial charge is 0.260 e. The van der Waals surface area contributed by atoms with Gasteiger partial charge in [0.05, 0.1) is 0 Å². The molecule has 0 saturated carbocycles. The molecular weight excluding hydrogens is 342 g/mol. The molecule has 2 heterocycles. The van der Waals surface area contributed by atoms with E-state index in [1.165, 1.54) is 0 Å². The van der Waals surface area contributed by atoms with E-state index < -0.39 is 0 Å². The molecule has 0 radical (unpaired) electrons. The second-order valence-electron chi connectivity index (χ2n) is 6.70. The minimum Gasteiger partial charge on any atom is -0.484 e. The van der Waals surface area contributed by atoms with Gasteiger partial charge >= 0.3 is 0 Å². The summed E-state index contributed by atoms with van der Waals surface area (Å²) in [5.41, 5.74) is 2.80. The third-order valence-corrected chi connectivity index (χ3v) is 4.60. The van der Waals surface area contributed by atoms with Gasteiger partial charge in [-0.2, -0.15) is 4.98 Å². The third-order valence-electron chi connectivity index (χ3n) is 4.60. The zero-order chi connectivity index (χ0) is 18.6. The van der Waals surface area contributed by atoms with Gasteiger partial charge in [-0.3, -0.25) is 4.79 Å². The fourth-order valence-corrected chi connectivity index (χ4v) is 3.16. The van der Waals surface area contributed by atoms with Crippen molar-refractivity contribution in [2.24, 2.45) is 0 Å². The van der Waals surface area contributed by atoms with Gasteiger partial charge in [-0.1, -0.05) is 35.0 Å². The first-order chi connectivity index (χ1) is 13.2. The molecule has 138 valence electrons. The van der Waals surface area contributed by atoms with Gasteiger partial charge in [0.1, 0.15) is 5.75 Å². The molecule has 2 aromatic carbocycles. The van der Waals surface area contributed by atoms with Crippen molar-refractivity contribution in [1.82, 2.24) is 15.0 Å². The maximum absolute atomic E-state index is 12.1. The number of ether oxygens (including phenoxy) is 1. The largest absolute Gasteiger partial charge is 0.484 e. The zero-order valence-electron chi connectivity index (χ0n) is 15.2. The van der Waals surface area contributed by atoms with Crippen LogP contribution in [0.1, 0.15) is 18.4 Å². The minimum absolute atomic E-state index is 0.0270. The zero-order valence-corrected chi connectivity index (χ0v) is 15.2. The van der Waals surface area contributed by atoms with Gasteiger partial charge in [0.25, 0.3) is 11.8 Å². The van der Waals surface area contributed by atoms with Crippen molar-refractivity contribution < 1.29 is 14.1 Å². The topological polar surface area (TPSA) is 68.5 Å². The number of likely N-dealkylation sites (tertiary alicyclic amines) is 1. The average molecular weight is 363 g/mol. The summed E-state index contributed by atoms with van der Waals surface area (Å²) in [5, 5.41) is 4.08. The molecule has 1 aliphatic heterocycles. The lowest BCUT2D eigenvalue weighted by atomic mass is 10.1. The van der Waals surface area contributed by atoms with E-state index in [4.69, 9.17) is 9.26 Å². The number of rotatable bonds is 5. The van der Waals surface area contributed by atoms with Crippen molar-refractivity contribution in [3.8, 4) is 28.6 Å². The Labute approximate surface area is 157 Å². The van der Waals surface area contributed by atoms with Gasteiger partial charge in [0.15, 0.2) is 6.61 Å². The number of hydrogen-bond donors (Lipinski definition) is 0. The first-order valence-corrected chi connectivity index (χ1v) is 9.11. The molecule has 1 aliphatic rings. The fraction of sp³-hybridized carbons (Fsp3) is 0.286. The van der Waals surface area contributed by atoms with Gasteiger partial charge in [0, 0.05) is 24.2 Å². The lowest BCUT2D eigenvalue weighted by Gasteiger charge is -2.15. The van der Waals surface area contributed by atoms with Gasteiger partial charge in [-0.15, -0.1) is 0 Å². The maximum atomic E-state index is 12.1. The van der Waals surface area contributed by atoms with Crippen molar-refractivity contribution in [3.05, 3.63) is 54.1 Å². The molecule has 0 N–H and O–H groups in total. The van der Waals surface area contributed by atoms with E-state index in [1.54, 1.807) is 0 Å². The lowest BCUT2D eigenvalue weighted by molar-refractivity contribution is -0.132. The Balaban J connectivity index is 1.47. The number of carbonyl (C=O) groups is 1. The van der Waals surface area contributed by atoms with Crippen molar-refractivity contribution in [2.75, 3.05) is 19.7 Å². The third kappa shape index (κ3) is 4.00. The van der Waals surface area contributed by atoms with Crippen LogP contribution in [0.2, 0.25) is 0 Å². The summed E-state index contributed by atoms with van der Waals surface area (Å²) in [4.78, 5) is 18.4. The number of amides is 1. The summed E-state index contributed by atoms with van der Waals surface area (Å²) >= 11 is 0. The highest BCUT2D eigenvalue weighted by molar-refractivity contribution is 5.78. The van der Waals surface area contributed by atoms with E-state index in [2.05, 4.69) is 10.1 Å². The summed E-state index contributed by atoms with van der Waals surface area (Å²) in [6.07, 6.45) is 2.14. The Kier molecular flexibility index (Phi) is 4.87. The van der Waals surface area contributed by atoms with Crippen LogP contribution in [0.4, 0.5) is 0 Å². The van der Waals surface area contributed by atoms with Crippen LogP contribution in [-0.2, 0) is 4.79 Å². The van der Waals surface area contributed by atoms with Crippen molar-refractivity contribution >= 4 is 5.91 Å². The Morgan fingerprint density at radius 1 is 1.11 bits per heavy atom. The molecule has 6 nitrogen and oxygen atoms in total. The molecule has 1 amide bonds. The Morgan fingerprint density at radius 3 is 2.70 bits per heavy atom. The minimum atomic E-state index is 0.0270. The number of aryl methyl sites for hydroxylation is 1. The van der Waals surface area contributed by atoms with Crippen LogP contribution in [0.5, 0.6) is 5.75 Å². The highest BCUT2D eigenvalue weighted by Crippen LogP contribution is 2.25. The SMILES string of the molecule is Cc1cccc(-c2nc(-c3cccc(OCC(=O)N4CCCC4)c3)no2)c1. The van der Waals surface area contributed by atoms with Crippen LogP contribution in [0.3, 0.4) is 0 Å². The van der Waals surface area contributed by atoms with Crippen molar-refractivity contribution in [1.29, 1.82) is 0 Å². The van der Waals surface area contributed by atoms with Crippen LogP contribution in [0.15, 0.2) is 53.1 Å². The van der Waals surface area contributed by atoms with Gasteiger partial charge in [0.2, 0.25) is 5.82 Å². The highest BCUT2D eigenvalue weighted by atomic mass is 16.5. The van der Waals surface area contributed by atoms with Crippen LogP contribution in [-0.4, -0.2) is 40.6 Å². The van der Waals surface area contributed by atoms with Crippen LogP contribution in [0.25, 0.3) is 22.8 Å². The van der Waals surface area contributed by atoms with Crippen LogP contribution in [0, 0.1) is 6.92 Å². The second-order valence-corrected chi connectivity index (χ2v) is 6.70.